The molecule has 0 saturated heterocycles. The maximum Gasteiger partial charge on any atom is 0.240 e. The van der Waals surface area contributed by atoms with E-state index in [-0.39, 0.29) is 17.9 Å². The van der Waals surface area contributed by atoms with Crippen LogP contribution in [0.25, 0.3) is 0 Å². The zero-order valence-corrected chi connectivity index (χ0v) is 13.4. The van der Waals surface area contributed by atoms with Crippen LogP contribution in [0.15, 0.2) is 53.4 Å². The van der Waals surface area contributed by atoms with E-state index < -0.39 is 10.0 Å². The van der Waals surface area contributed by atoms with Crippen molar-refractivity contribution < 1.29 is 13.5 Å². The van der Waals surface area contributed by atoms with Crippen molar-refractivity contribution in [3.8, 4) is 6.07 Å². The highest BCUT2D eigenvalue weighted by Gasteiger charge is 2.13. The third kappa shape index (κ3) is 4.89. The highest BCUT2D eigenvalue weighted by Crippen LogP contribution is 2.11. The smallest absolute Gasteiger partial charge is 0.240 e. The Kier molecular flexibility index (Phi) is 5.88. The molecule has 0 saturated carbocycles. The molecule has 0 atom stereocenters. The summed E-state index contributed by atoms with van der Waals surface area (Å²) >= 11 is 0. The molecular formula is C17H18N2O3S. The van der Waals surface area contributed by atoms with Crippen LogP contribution in [0, 0.1) is 11.3 Å². The van der Waals surface area contributed by atoms with Gasteiger partial charge < -0.3 is 5.11 Å². The molecule has 2 rings (SSSR count). The van der Waals surface area contributed by atoms with Gasteiger partial charge in [0.15, 0.2) is 0 Å². The van der Waals surface area contributed by atoms with Crippen LogP contribution in [0.4, 0.5) is 0 Å². The molecule has 2 aromatic carbocycles. The number of nitrogens with zero attached hydrogens (tertiary/aromatic N) is 1. The number of aliphatic hydroxyl groups is 1. The van der Waals surface area contributed by atoms with Gasteiger partial charge in [-0.05, 0) is 35.2 Å². The minimum atomic E-state index is -3.55. The van der Waals surface area contributed by atoms with E-state index in [1.54, 1.807) is 12.1 Å². The summed E-state index contributed by atoms with van der Waals surface area (Å²) in [6.07, 6.45) is 0.828. The lowest BCUT2D eigenvalue weighted by atomic mass is 10.1. The standard InChI is InChI=1S/C17H18N2O3S/c18-11-9-14-5-7-17(8-6-14)23(21,22)19-12-10-15-1-3-16(13-20)4-2-15/h1-8,19-20H,9-10,12-13H2. The molecule has 0 unspecified atom stereocenters. The van der Waals surface area contributed by atoms with Gasteiger partial charge in [0.25, 0.3) is 0 Å². The zero-order valence-electron chi connectivity index (χ0n) is 12.6. The monoisotopic (exact) mass is 330 g/mol. The second-order valence-corrected chi connectivity index (χ2v) is 6.87. The van der Waals surface area contributed by atoms with Crippen molar-refractivity contribution in [1.82, 2.24) is 4.72 Å². The molecule has 0 aliphatic carbocycles. The van der Waals surface area contributed by atoms with Crippen LogP contribution in [0.2, 0.25) is 0 Å². The molecule has 2 aromatic rings. The van der Waals surface area contributed by atoms with E-state index in [1.807, 2.05) is 30.3 Å². The quantitative estimate of drug-likeness (QED) is 0.809. The number of sulfonamides is 1. The van der Waals surface area contributed by atoms with Gasteiger partial charge in [0.05, 0.1) is 24.0 Å². The number of benzene rings is 2. The Hall–Kier alpha value is -2.20. The number of hydrogen-bond donors (Lipinski definition) is 2. The molecule has 0 fully saturated rings. The van der Waals surface area contributed by atoms with E-state index in [1.165, 1.54) is 12.1 Å². The van der Waals surface area contributed by atoms with Gasteiger partial charge in [0, 0.05) is 6.54 Å². The van der Waals surface area contributed by atoms with E-state index in [4.69, 9.17) is 10.4 Å². The summed E-state index contributed by atoms with van der Waals surface area (Å²) in [5, 5.41) is 17.6. The Labute approximate surface area is 136 Å². The summed E-state index contributed by atoms with van der Waals surface area (Å²) in [5.74, 6) is 0. The Balaban J connectivity index is 1.94. The van der Waals surface area contributed by atoms with Crippen LogP contribution < -0.4 is 4.72 Å². The lowest BCUT2D eigenvalue weighted by Gasteiger charge is -2.08. The fourth-order valence-corrected chi connectivity index (χ4v) is 3.13. The van der Waals surface area contributed by atoms with E-state index in [9.17, 15) is 8.42 Å². The number of rotatable bonds is 7. The Morgan fingerprint density at radius 3 is 2.09 bits per heavy atom. The van der Waals surface area contributed by atoms with Gasteiger partial charge in [-0.2, -0.15) is 5.26 Å². The van der Waals surface area contributed by atoms with Crippen LogP contribution in [0.1, 0.15) is 16.7 Å². The highest BCUT2D eigenvalue weighted by molar-refractivity contribution is 7.89. The fraction of sp³-hybridized carbons (Fsp3) is 0.235. The van der Waals surface area contributed by atoms with Gasteiger partial charge >= 0.3 is 0 Å². The minimum absolute atomic E-state index is 0.00525. The molecule has 120 valence electrons. The Morgan fingerprint density at radius 1 is 0.957 bits per heavy atom. The summed E-state index contributed by atoms with van der Waals surface area (Å²) in [4.78, 5) is 0.190. The molecule has 0 aliphatic heterocycles. The van der Waals surface area contributed by atoms with E-state index in [0.29, 0.717) is 13.0 Å². The largest absolute Gasteiger partial charge is 0.392 e. The first-order chi connectivity index (χ1) is 11.0. The van der Waals surface area contributed by atoms with Crippen molar-refractivity contribution in [3.63, 3.8) is 0 Å². The van der Waals surface area contributed by atoms with Crippen molar-refractivity contribution in [3.05, 3.63) is 65.2 Å². The number of hydrogen-bond acceptors (Lipinski definition) is 4. The summed E-state index contributed by atoms with van der Waals surface area (Å²) in [6, 6.07) is 15.7. The number of nitriles is 1. The van der Waals surface area contributed by atoms with E-state index in [0.717, 1.165) is 16.7 Å². The summed E-state index contributed by atoms with van der Waals surface area (Å²) in [7, 11) is -3.55. The number of aliphatic hydroxyl groups excluding tert-OH is 1. The molecule has 6 heteroatoms. The van der Waals surface area contributed by atoms with E-state index in [2.05, 4.69) is 4.72 Å². The third-order valence-electron chi connectivity index (χ3n) is 3.43. The van der Waals surface area contributed by atoms with Crippen molar-refractivity contribution in [2.24, 2.45) is 0 Å². The molecule has 0 radical (unpaired) electrons. The predicted octanol–water partition coefficient (Wildman–Crippen LogP) is 1.77. The second-order valence-electron chi connectivity index (χ2n) is 5.10. The van der Waals surface area contributed by atoms with Crippen molar-refractivity contribution in [2.45, 2.75) is 24.3 Å². The van der Waals surface area contributed by atoms with Gasteiger partial charge in [-0.3, -0.25) is 0 Å². The van der Waals surface area contributed by atoms with Crippen LogP contribution in [-0.2, 0) is 29.5 Å². The fourth-order valence-electron chi connectivity index (χ4n) is 2.10. The average Bonchev–Trinajstić information content (AvgIpc) is 2.56. The van der Waals surface area contributed by atoms with Crippen LogP contribution in [-0.4, -0.2) is 20.1 Å². The Bertz CT molecular complexity index is 776. The van der Waals surface area contributed by atoms with Gasteiger partial charge in [0.1, 0.15) is 0 Å². The molecule has 0 spiro atoms. The molecule has 2 N–H and O–H groups in total. The molecule has 23 heavy (non-hydrogen) atoms. The van der Waals surface area contributed by atoms with Crippen molar-refractivity contribution in [1.29, 1.82) is 5.26 Å². The Morgan fingerprint density at radius 2 is 1.52 bits per heavy atom. The predicted molar refractivity (Wildman–Crippen MR) is 87.0 cm³/mol. The third-order valence-corrected chi connectivity index (χ3v) is 4.91. The van der Waals surface area contributed by atoms with E-state index >= 15 is 0 Å². The maximum atomic E-state index is 12.2. The first-order valence-electron chi connectivity index (χ1n) is 7.19. The summed E-state index contributed by atoms with van der Waals surface area (Å²) < 4.78 is 26.9. The lowest BCUT2D eigenvalue weighted by Crippen LogP contribution is -2.26. The summed E-state index contributed by atoms with van der Waals surface area (Å²) in [6.45, 7) is 0.287. The number of nitrogens with one attached hydrogen (secondary N) is 1. The molecule has 0 bridgehead atoms. The lowest BCUT2D eigenvalue weighted by molar-refractivity contribution is 0.282. The summed E-state index contributed by atoms with van der Waals surface area (Å²) in [5.41, 5.74) is 2.61. The van der Waals surface area contributed by atoms with Gasteiger partial charge in [-0.15, -0.1) is 0 Å². The van der Waals surface area contributed by atoms with Gasteiger partial charge in [-0.1, -0.05) is 36.4 Å². The average molecular weight is 330 g/mol. The second kappa shape index (κ2) is 7.88. The molecular weight excluding hydrogens is 312 g/mol. The molecule has 0 amide bonds. The maximum absolute atomic E-state index is 12.2. The van der Waals surface area contributed by atoms with Crippen molar-refractivity contribution >= 4 is 10.0 Å². The van der Waals surface area contributed by atoms with Crippen LogP contribution in [0.3, 0.4) is 0 Å². The molecule has 0 aliphatic rings. The van der Waals surface area contributed by atoms with Crippen LogP contribution in [0.5, 0.6) is 0 Å². The van der Waals surface area contributed by atoms with Gasteiger partial charge in [-0.25, -0.2) is 13.1 Å². The zero-order chi connectivity index (χ0) is 16.7. The highest BCUT2D eigenvalue weighted by atomic mass is 32.2. The topological polar surface area (TPSA) is 90.2 Å². The molecule has 0 aromatic heterocycles. The first kappa shape index (κ1) is 17.2. The normalized spacial score (nSPS) is 11.1. The van der Waals surface area contributed by atoms with Gasteiger partial charge in [0.2, 0.25) is 10.0 Å². The molecule has 5 nitrogen and oxygen atoms in total. The van der Waals surface area contributed by atoms with Crippen LogP contribution >= 0.6 is 0 Å². The minimum Gasteiger partial charge on any atom is -0.392 e. The first-order valence-corrected chi connectivity index (χ1v) is 8.68. The molecule has 0 heterocycles. The van der Waals surface area contributed by atoms with Crippen molar-refractivity contribution in [2.75, 3.05) is 6.54 Å². The SMILES string of the molecule is N#CCc1ccc(S(=O)(=O)NCCc2ccc(CO)cc2)cc1.